The summed E-state index contributed by atoms with van der Waals surface area (Å²) in [6.45, 7) is 3.18. The monoisotopic (exact) mass is 493 g/mol. The van der Waals surface area contributed by atoms with Crippen LogP contribution >= 0.6 is 11.6 Å². The van der Waals surface area contributed by atoms with Crippen molar-refractivity contribution in [2.45, 2.75) is 31.2 Å². The Morgan fingerprint density at radius 3 is 2.45 bits per heavy atom. The van der Waals surface area contributed by atoms with Crippen LogP contribution in [0.1, 0.15) is 35.1 Å². The summed E-state index contributed by atoms with van der Waals surface area (Å²) in [7, 11) is -4.08. The van der Waals surface area contributed by atoms with Crippen LogP contribution in [0.4, 0.5) is 18.9 Å². The van der Waals surface area contributed by atoms with E-state index in [1.807, 2.05) is 0 Å². The smallest absolute Gasteiger partial charge is 0.266 e. The topological polar surface area (TPSA) is 70.6 Å². The second kappa shape index (κ2) is 8.72. The molecule has 33 heavy (non-hydrogen) atoms. The van der Waals surface area contributed by atoms with Crippen molar-refractivity contribution in [3.8, 4) is 0 Å². The van der Waals surface area contributed by atoms with Gasteiger partial charge in [0.25, 0.3) is 10.0 Å². The summed E-state index contributed by atoms with van der Waals surface area (Å²) in [5.74, 6) is -2.68. The normalized spacial score (nSPS) is 16.6. The van der Waals surface area contributed by atoms with Gasteiger partial charge in [0.1, 0.15) is 22.3 Å². The Hall–Kier alpha value is -3.04. The van der Waals surface area contributed by atoms with E-state index in [0.29, 0.717) is 16.7 Å². The molecule has 0 amide bonds. The van der Waals surface area contributed by atoms with E-state index in [9.17, 15) is 21.6 Å². The summed E-state index contributed by atoms with van der Waals surface area (Å²) in [6, 6.07) is 10.9. The Balaban J connectivity index is 1.79. The number of fused-ring (bicyclic) bond motifs is 1. The summed E-state index contributed by atoms with van der Waals surface area (Å²) in [6.07, 6.45) is 0. The number of rotatable bonds is 4. The van der Waals surface area contributed by atoms with Gasteiger partial charge in [-0.05, 0) is 47.9 Å². The lowest BCUT2D eigenvalue weighted by Gasteiger charge is -2.27. The number of hydrogen-bond acceptors (Lipinski definition) is 3. The van der Waals surface area contributed by atoms with Gasteiger partial charge in [0.05, 0.1) is 17.3 Å². The Labute approximate surface area is 194 Å². The van der Waals surface area contributed by atoms with Crippen LogP contribution in [-0.2, 0) is 16.6 Å². The average molecular weight is 494 g/mol. The molecule has 1 aliphatic heterocycles. The van der Waals surface area contributed by atoms with E-state index >= 15 is 0 Å². The van der Waals surface area contributed by atoms with Crippen LogP contribution in [0.5, 0.6) is 0 Å². The minimum absolute atomic E-state index is 0.000267. The third-order valence-electron chi connectivity index (χ3n) is 5.59. The van der Waals surface area contributed by atoms with Gasteiger partial charge in [-0.25, -0.2) is 31.3 Å². The fraction of sp³-hybridized carbons (Fsp3) is 0.174. The maximum atomic E-state index is 15.0. The minimum Gasteiger partial charge on any atom is -0.324 e. The van der Waals surface area contributed by atoms with Crippen molar-refractivity contribution >= 4 is 33.3 Å². The quantitative estimate of drug-likeness (QED) is 0.506. The first-order valence-corrected chi connectivity index (χ1v) is 11.8. The molecule has 1 unspecified atom stereocenters. The lowest BCUT2D eigenvalue weighted by molar-refractivity contribution is 0.585. The largest absolute Gasteiger partial charge is 0.324 e. The van der Waals surface area contributed by atoms with Crippen LogP contribution in [0.15, 0.2) is 58.4 Å². The number of aliphatic imine (C=N–C) groups is 1. The first-order chi connectivity index (χ1) is 15.6. The molecule has 5 nitrogen and oxygen atoms in total. The summed E-state index contributed by atoms with van der Waals surface area (Å²) >= 11 is 6.10. The first kappa shape index (κ1) is 23.1. The molecule has 0 bridgehead atoms. The number of nitrogens with zero attached hydrogens (tertiary/aromatic N) is 1. The minimum atomic E-state index is -4.08. The molecular weight excluding hydrogens is 475 g/mol. The number of halogens is 4. The molecule has 2 N–H and O–H groups in total. The van der Waals surface area contributed by atoms with Crippen LogP contribution < -0.4 is 10.0 Å². The van der Waals surface area contributed by atoms with Crippen LogP contribution in [0.2, 0.25) is 5.02 Å². The molecule has 0 saturated carbocycles. The molecule has 0 radical (unpaired) electrons. The van der Waals surface area contributed by atoms with Crippen molar-refractivity contribution in [1.82, 2.24) is 4.72 Å². The zero-order valence-corrected chi connectivity index (χ0v) is 19.2. The molecule has 172 valence electrons. The molecule has 10 heteroatoms. The molecule has 0 aromatic heterocycles. The number of guanidine groups is 1. The number of anilines is 1. The van der Waals surface area contributed by atoms with Gasteiger partial charge in [0.2, 0.25) is 5.96 Å². The highest BCUT2D eigenvalue weighted by Crippen LogP contribution is 2.40. The third kappa shape index (κ3) is 4.30. The van der Waals surface area contributed by atoms with Gasteiger partial charge in [-0.15, -0.1) is 0 Å². The number of hydrogen-bond donors (Lipinski definition) is 2. The van der Waals surface area contributed by atoms with Crippen molar-refractivity contribution < 1.29 is 21.6 Å². The van der Waals surface area contributed by atoms with E-state index < -0.39 is 33.4 Å². The van der Waals surface area contributed by atoms with Crippen LogP contribution in [0, 0.1) is 24.4 Å². The highest BCUT2D eigenvalue weighted by atomic mass is 35.5. The maximum Gasteiger partial charge on any atom is 0.266 e. The second-order valence-electron chi connectivity index (χ2n) is 7.62. The van der Waals surface area contributed by atoms with Crippen LogP contribution in [0.3, 0.4) is 0 Å². The zero-order valence-electron chi connectivity index (χ0n) is 17.6. The van der Waals surface area contributed by atoms with Gasteiger partial charge in [-0.3, -0.25) is 0 Å². The van der Waals surface area contributed by atoms with Crippen LogP contribution in [0.25, 0.3) is 0 Å². The van der Waals surface area contributed by atoms with Gasteiger partial charge < -0.3 is 5.32 Å². The Morgan fingerprint density at radius 2 is 1.70 bits per heavy atom. The predicted molar refractivity (Wildman–Crippen MR) is 122 cm³/mol. The van der Waals surface area contributed by atoms with E-state index in [1.165, 1.54) is 24.3 Å². The molecule has 1 heterocycles. The average Bonchev–Trinajstić information content (AvgIpc) is 2.75. The lowest BCUT2D eigenvalue weighted by atomic mass is 9.91. The molecule has 1 aliphatic rings. The molecule has 0 fully saturated rings. The standard InChI is InChI=1S/C23H19ClF3N3O2S/c1-12-14(5-3-7-16(12)25)11-28-23-29-22-19(33(31,32)30-23)10-9-17(26)20(22)13(2)15-6-4-8-18(27)21(15)24/h3-10,13H,11H2,1-2H3,(H2,28,29,30). The number of benzene rings is 3. The fourth-order valence-electron chi connectivity index (χ4n) is 3.75. The summed E-state index contributed by atoms with van der Waals surface area (Å²) < 4.78 is 70.9. The summed E-state index contributed by atoms with van der Waals surface area (Å²) in [4.78, 5) is 4.04. The van der Waals surface area contributed by atoms with E-state index in [4.69, 9.17) is 11.6 Å². The van der Waals surface area contributed by atoms with Crippen LogP contribution in [-0.4, -0.2) is 14.4 Å². The molecule has 3 aromatic rings. The van der Waals surface area contributed by atoms with Gasteiger partial charge in [-0.2, -0.15) is 0 Å². The highest BCUT2D eigenvalue weighted by molar-refractivity contribution is 7.90. The van der Waals surface area contributed by atoms with Crippen molar-refractivity contribution in [2.75, 3.05) is 5.32 Å². The molecule has 1 atom stereocenters. The summed E-state index contributed by atoms with van der Waals surface area (Å²) in [5, 5.41) is 2.67. The fourth-order valence-corrected chi connectivity index (χ4v) is 5.19. The lowest BCUT2D eigenvalue weighted by Crippen LogP contribution is -2.41. The SMILES string of the molecule is Cc1c(F)cccc1CN=C1Nc2c(ccc(F)c2C(C)c2cccc(F)c2Cl)S(=O)(=O)N1. The number of sulfonamides is 1. The van der Waals surface area contributed by atoms with E-state index in [2.05, 4.69) is 15.0 Å². The zero-order chi connectivity index (χ0) is 23.9. The Morgan fingerprint density at radius 1 is 1.00 bits per heavy atom. The molecule has 3 aromatic carbocycles. The van der Waals surface area contributed by atoms with Crippen molar-refractivity contribution in [3.63, 3.8) is 0 Å². The van der Waals surface area contributed by atoms with Gasteiger partial charge in [0.15, 0.2) is 0 Å². The van der Waals surface area contributed by atoms with Crippen molar-refractivity contribution in [3.05, 3.63) is 93.3 Å². The van der Waals surface area contributed by atoms with Crippen molar-refractivity contribution in [1.29, 1.82) is 0 Å². The molecule has 0 spiro atoms. The Kier molecular flexibility index (Phi) is 6.11. The molecule has 0 saturated heterocycles. The second-order valence-corrected chi connectivity index (χ2v) is 9.65. The van der Waals surface area contributed by atoms with Crippen molar-refractivity contribution in [2.24, 2.45) is 4.99 Å². The van der Waals surface area contributed by atoms with Gasteiger partial charge in [0, 0.05) is 11.5 Å². The first-order valence-electron chi connectivity index (χ1n) is 9.94. The summed E-state index contributed by atoms with van der Waals surface area (Å²) in [5.41, 5.74) is 1.24. The molecular formula is C23H19ClF3N3O2S. The van der Waals surface area contributed by atoms with Gasteiger partial charge >= 0.3 is 0 Å². The Bertz CT molecular complexity index is 1390. The third-order valence-corrected chi connectivity index (χ3v) is 7.37. The van der Waals surface area contributed by atoms with E-state index in [0.717, 1.165) is 12.1 Å². The number of nitrogens with one attached hydrogen (secondary N) is 2. The van der Waals surface area contributed by atoms with Gasteiger partial charge in [-0.1, -0.05) is 42.8 Å². The van der Waals surface area contributed by atoms with E-state index in [1.54, 1.807) is 26.0 Å². The highest BCUT2D eigenvalue weighted by Gasteiger charge is 2.32. The predicted octanol–water partition coefficient (Wildman–Crippen LogP) is 5.48. The maximum absolute atomic E-state index is 15.0. The molecule has 4 rings (SSSR count). The molecule has 0 aliphatic carbocycles. The van der Waals surface area contributed by atoms with E-state index in [-0.39, 0.29) is 33.7 Å².